The van der Waals surface area contributed by atoms with Gasteiger partial charge in [-0.1, -0.05) is 40.5 Å². The van der Waals surface area contributed by atoms with E-state index in [1.165, 1.54) is 18.4 Å². The largest absolute Gasteiger partial charge is 0.429 e. The summed E-state index contributed by atoms with van der Waals surface area (Å²) in [6, 6.07) is 0. The normalized spacial score (nSPS) is 21.0. The summed E-state index contributed by atoms with van der Waals surface area (Å²) in [6.45, 7) is 14.9. The van der Waals surface area contributed by atoms with Gasteiger partial charge in [0.15, 0.2) is 9.04 Å². The molecule has 5 heteroatoms. The average molecular weight is 419 g/mol. The standard InChI is InChI=1S/C24H38O4Si/c1-8-16-14(2)19-20(22(26)27-23(19)28-29(6)7)21(24(3,4)5)17(16)13-18(25)15-11-9-10-12-15/h15,18,23,25,29H,8-13H2,1-7H3/t18-,23?/m0/s1. The minimum atomic E-state index is -1.38. The van der Waals surface area contributed by atoms with Crippen LogP contribution in [-0.2, 0) is 27.4 Å². The Balaban J connectivity index is 2.19. The summed E-state index contributed by atoms with van der Waals surface area (Å²) in [5.74, 6) is 0.1000. The van der Waals surface area contributed by atoms with Crippen molar-refractivity contribution in [2.45, 2.75) is 104 Å². The van der Waals surface area contributed by atoms with Gasteiger partial charge in [0.2, 0.25) is 6.29 Å². The highest BCUT2D eigenvalue weighted by atomic mass is 28.3. The third-order valence-corrected chi connectivity index (χ3v) is 7.34. The number of rotatable bonds is 6. The molecule has 2 atom stereocenters. The molecule has 29 heavy (non-hydrogen) atoms. The van der Waals surface area contributed by atoms with Gasteiger partial charge in [0.1, 0.15) is 0 Å². The number of esters is 1. The number of cyclic esters (lactones) is 1. The van der Waals surface area contributed by atoms with Gasteiger partial charge in [-0.05, 0) is 79.3 Å². The fourth-order valence-electron chi connectivity index (χ4n) is 5.33. The summed E-state index contributed by atoms with van der Waals surface area (Å²) in [6.07, 6.45) is 5.19. The monoisotopic (exact) mass is 418 g/mol. The molecule has 1 aromatic rings. The molecule has 1 aliphatic carbocycles. The molecule has 0 radical (unpaired) electrons. The topological polar surface area (TPSA) is 55.8 Å². The second kappa shape index (κ2) is 8.52. The van der Waals surface area contributed by atoms with Crippen molar-refractivity contribution < 1.29 is 19.1 Å². The highest BCUT2D eigenvalue weighted by Gasteiger charge is 2.41. The molecule has 162 valence electrons. The Morgan fingerprint density at radius 1 is 1.21 bits per heavy atom. The van der Waals surface area contributed by atoms with Crippen molar-refractivity contribution in [2.75, 3.05) is 0 Å². The lowest BCUT2D eigenvalue weighted by Gasteiger charge is -2.31. The summed E-state index contributed by atoms with van der Waals surface area (Å²) in [4.78, 5) is 13.0. The number of aliphatic hydroxyl groups excluding tert-OH is 1. The van der Waals surface area contributed by atoms with E-state index in [2.05, 4.69) is 47.7 Å². The summed E-state index contributed by atoms with van der Waals surface area (Å²) < 4.78 is 11.8. The number of hydrogen-bond acceptors (Lipinski definition) is 4. The smallest absolute Gasteiger partial charge is 0.341 e. The molecule has 0 saturated heterocycles. The van der Waals surface area contributed by atoms with Crippen LogP contribution in [0.1, 0.15) is 97.8 Å². The Bertz CT molecular complexity index is 772. The van der Waals surface area contributed by atoms with Crippen molar-refractivity contribution in [2.24, 2.45) is 5.92 Å². The maximum atomic E-state index is 13.0. The predicted octanol–water partition coefficient (Wildman–Crippen LogP) is 5.12. The quantitative estimate of drug-likeness (QED) is 0.515. The lowest BCUT2D eigenvalue weighted by atomic mass is 9.73. The van der Waals surface area contributed by atoms with Crippen molar-refractivity contribution in [1.29, 1.82) is 0 Å². The Hall–Kier alpha value is -1.17. The number of carbonyl (C=O) groups excluding carboxylic acids is 1. The molecule has 1 heterocycles. The van der Waals surface area contributed by atoms with Crippen LogP contribution in [0.15, 0.2) is 0 Å². The van der Waals surface area contributed by atoms with E-state index in [0.29, 0.717) is 17.9 Å². The summed E-state index contributed by atoms with van der Waals surface area (Å²) in [5, 5.41) is 11.1. The second-order valence-corrected chi connectivity index (χ2v) is 12.5. The van der Waals surface area contributed by atoms with Crippen LogP contribution >= 0.6 is 0 Å². The molecule has 3 rings (SSSR count). The summed E-state index contributed by atoms with van der Waals surface area (Å²) in [5.41, 5.74) is 5.97. The zero-order valence-corrected chi connectivity index (χ0v) is 20.4. The van der Waals surface area contributed by atoms with Crippen molar-refractivity contribution in [3.8, 4) is 0 Å². The number of aliphatic hydroxyl groups is 1. The molecule has 1 aliphatic heterocycles. The van der Waals surface area contributed by atoms with Crippen molar-refractivity contribution in [3.63, 3.8) is 0 Å². The molecule has 0 amide bonds. The molecule has 0 spiro atoms. The molecule has 1 fully saturated rings. The van der Waals surface area contributed by atoms with Crippen LogP contribution in [0.2, 0.25) is 13.1 Å². The fraction of sp³-hybridized carbons (Fsp3) is 0.708. The molecule has 1 N–H and O–H groups in total. The van der Waals surface area contributed by atoms with E-state index >= 15 is 0 Å². The predicted molar refractivity (Wildman–Crippen MR) is 119 cm³/mol. The maximum Gasteiger partial charge on any atom is 0.341 e. The van der Waals surface area contributed by atoms with Crippen molar-refractivity contribution in [1.82, 2.24) is 0 Å². The lowest BCUT2D eigenvalue weighted by Crippen LogP contribution is -2.27. The van der Waals surface area contributed by atoms with Gasteiger partial charge in [-0.2, -0.15) is 0 Å². The van der Waals surface area contributed by atoms with Crippen LogP contribution < -0.4 is 0 Å². The van der Waals surface area contributed by atoms with Gasteiger partial charge in [-0.15, -0.1) is 0 Å². The van der Waals surface area contributed by atoms with Crippen molar-refractivity contribution in [3.05, 3.63) is 33.4 Å². The van der Waals surface area contributed by atoms with E-state index in [1.807, 2.05) is 0 Å². The van der Waals surface area contributed by atoms with Gasteiger partial charge >= 0.3 is 5.97 Å². The van der Waals surface area contributed by atoms with Gasteiger partial charge in [-0.3, -0.25) is 0 Å². The van der Waals surface area contributed by atoms with Crippen LogP contribution in [0, 0.1) is 12.8 Å². The Labute approximate surface area is 177 Å². The second-order valence-electron chi connectivity index (χ2n) is 10.1. The van der Waals surface area contributed by atoms with E-state index in [4.69, 9.17) is 9.16 Å². The summed E-state index contributed by atoms with van der Waals surface area (Å²) >= 11 is 0. The lowest BCUT2D eigenvalue weighted by molar-refractivity contribution is -0.0398. The number of ether oxygens (including phenoxy) is 1. The van der Waals surface area contributed by atoms with Gasteiger partial charge < -0.3 is 14.3 Å². The molecule has 1 unspecified atom stereocenters. The molecule has 1 aromatic carbocycles. The van der Waals surface area contributed by atoms with E-state index in [1.54, 1.807) is 0 Å². The Kier molecular flexibility index (Phi) is 6.61. The molecule has 4 nitrogen and oxygen atoms in total. The van der Waals surface area contributed by atoms with Gasteiger partial charge in [0.25, 0.3) is 0 Å². The SMILES string of the molecule is CCc1c(C)c2c(c(C(C)(C)C)c1C[C@H](O)C1CCCC1)C(=O)OC2O[SiH](C)C. The maximum absolute atomic E-state index is 13.0. The first-order valence-corrected chi connectivity index (χ1v) is 14.1. The van der Waals surface area contributed by atoms with Crippen LogP contribution in [-0.4, -0.2) is 26.2 Å². The zero-order valence-electron chi connectivity index (χ0n) is 19.2. The number of fused-ring (bicyclic) bond motifs is 1. The average Bonchev–Trinajstić information content (AvgIpc) is 3.23. The highest BCUT2D eigenvalue weighted by Crippen LogP contribution is 2.45. The van der Waals surface area contributed by atoms with E-state index in [0.717, 1.165) is 41.5 Å². The molecule has 2 aliphatic rings. The van der Waals surface area contributed by atoms with E-state index < -0.39 is 15.3 Å². The van der Waals surface area contributed by atoms with Gasteiger partial charge in [0, 0.05) is 5.56 Å². The van der Waals surface area contributed by atoms with E-state index in [9.17, 15) is 9.90 Å². The Morgan fingerprint density at radius 2 is 1.83 bits per heavy atom. The molecular formula is C24H38O4Si. The summed E-state index contributed by atoms with van der Waals surface area (Å²) in [7, 11) is -1.38. The fourth-order valence-corrected chi connectivity index (χ4v) is 6.01. The highest BCUT2D eigenvalue weighted by molar-refractivity contribution is 6.48. The van der Waals surface area contributed by atoms with Gasteiger partial charge in [-0.25, -0.2) is 4.79 Å². The van der Waals surface area contributed by atoms with Crippen LogP contribution in [0.3, 0.4) is 0 Å². The van der Waals surface area contributed by atoms with E-state index in [-0.39, 0.29) is 17.5 Å². The number of carbonyl (C=O) groups is 1. The number of benzene rings is 1. The third kappa shape index (κ3) is 4.33. The molecule has 0 bridgehead atoms. The molecule has 1 saturated carbocycles. The molecular weight excluding hydrogens is 380 g/mol. The zero-order chi connectivity index (χ0) is 21.5. The molecule has 0 aromatic heterocycles. The minimum Gasteiger partial charge on any atom is -0.429 e. The van der Waals surface area contributed by atoms with Crippen LogP contribution in [0.25, 0.3) is 0 Å². The first-order valence-electron chi connectivity index (χ1n) is 11.3. The minimum absolute atomic E-state index is 0.227. The van der Waals surface area contributed by atoms with Crippen LogP contribution in [0.4, 0.5) is 0 Å². The van der Waals surface area contributed by atoms with Crippen LogP contribution in [0.5, 0.6) is 0 Å². The first kappa shape index (κ1) is 22.5. The first-order chi connectivity index (χ1) is 13.6. The third-order valence-electron chi connectivity index (χ3n) is 6.55. The van der Waals surface area contributed by atoms with Gasteiger partial charge in [0.05, 0.1) is 11.7 Å². The number of hydrogen-bond donors (Lipinski definition) is 1. The Morgan fingerprint density at radius 3 is 2.34 bits per heavy atom. The van der Waals surface area contributed by atoms with Crippen molar-refractivity contribution >= 4 is 15.0 Å².